The highest BCUT2D eigenvalue weighted by Gasteiger charge is 2.23. The third-order valence-corrected chi connectivity index (χ3v) is 3.74. The van der Waals surface area contributed by atoms with E-state index in [-0.39, 0.29) is 24.4 Å². The number of Topliss-reactive ketones (excluding diaryl/α,β-unsaturated/α-hetero) is 1. The van der Waals surface area contributed by atoms with E-state index in [4.69, 9.17) is 11.5 Å². The molecule has 1 aliphatic carbocycles. The number of ketones is 1. The van der Waals surface area contributed by atoms with Crippen LogP contribution in [0.25, 0.3) is 0 Å². The molecular weight excluding hydrogens is 316 g/mol. The van der Waals surface area contributed by atoms with Crippen LogP contribution in [-0.4, -0.2) is 28.9 Å². The number of hydrogen-bond acceptors (Lipinski definition) is 6. The smallest absolute Gasteiger partial charge is 0.205 e. The summed E-state index contributed by atoms with van der Waals surface area (Å²) in [5.74, 6) is -0.268. The number of nitrogens with two attached hydrogens (primary N) is 2. The average molecular weight is 334 g/mol. The first-order valence-corrected chi connectivity index (χ1v) is 7.77. The lowest BCUT2D eigenvalue weighted by Crippen LogP contribution is -2.26. The quantitative estimate of drug-likeness (QED) is 0.748. The summed E-state index contributed by atoms with van der Waals surface area (Å²) < 4.78 is 0. The van der Waals surface area contributed by atoms with Gasteiger partial charge >= 0.3 is 0 Å². The first-order chi connectivity index (χ1) is 12.0. The van der Waals surface area contributed by atoms with Gasteiger partial charge in [-0.25, -0.2) is 4.99 Å². The second-order valence-corrected chi connectivity index (χ2v) is 5.68. The molecule has 0 radical (unpaired) electrons. The Morgan fingerprint density at radius 2 is 1.40 bits per heavy atom. The summed E-state index contributed by atoms with van der Waals surface area (Å²) in [6, 6.07) is 14.0. The van der Waals surface area contributed by atoms with E-state index in [0.717, 1.165) is 5.69 Å². The fourth-order valence-corrected chi connectivity index (χ4v) is 2.45. The first kappa shape index (κ1) is 16.6. The number of nitrogens with zero attached hydrogens (tertiary/aromatic N) is 2. The molecule has 3 rings (SSSR count). The normalized spacial score (nSPS) is 17.8. The molecule has 0 heterocycles. The van der Waals surface area contributed by atoms with Crippen LogP contribution in [0.1, 0.15) is 6.42 Å². The summed E-state index contributed by atoms with van der Waals surface area (Å²) in [7, 11) is 0. The Balaban J connectivity index is 1.96. The Morgan fingerprint density at radius 3 is 1.92 bits per heavy atom. The Kier molecular flexibility index (Phi) is 4.72. The number of nitrogen functional groups attached to an aromatic ring is 2. The number of allylic oxidation sites excluding steroid dienone is 1. The number of benzene rings is 2. The van der Waals surface area contributed by atoms with Gasteiger partial charge in [0.1, 0.15) is 0 Å². The van der Waals surface area contributed by atoms with Crippen molar-refractivity contribution >= 4 is 40.0 Å². The molecule has 1 aliphatic rings. The average Bonchev–Trinajstić information content (AvgIpc) is 2.61. The lowest BCUT2D eigenvalue weighted by atomic mass is 9.94. The zero-order chi connectivity index (χ0) is 17.8. The van der Waals surface area contributed by atoms with E-state index in [9.17, 15) is 9.90 Å². The maximum atomic E-state index is 12.4. The number of aliphatic hydroxyl groups is 1. The van der Waals surface area contributed by atoms with Gasteiger partial charge < -0.3 is 16.6 Å². The zero-order valence-electron chi connectivity index (χ0n) is 13.5. The number of hydrogen-bond donors (Lipinski definition) is 3. The highest BCUT2D eigenvalue weighted by Crippen LogP contribution is 2.21. The molecule has 0 unspecified atom stereocenters. The molecule has 0 fully saturated rings. The van der Waals surface area contributed by atoms with E-state index >= 15 is 0 Å². The Morgan fingerprint density at radius 1 is 0.880 bits per heavy atom. The molecule has 126 valence electrons. The molecule has 2 aromatic carbocycles. The van der Waals surface area contributed by atoms with Gasteiger partial charge in [-0.05, 0) is 54.6 Å². The van der Waals surface area contributed by atoms with E-state index in [1.165, 1.54) is 0 Å². The predicted molar refractivity (Wildman–Crippen MR) is 101 cm³/mol. The van der Waals surface area contributed by atoms with E-state index in [0.29, 0.717) is 28.5 Å². The Bertz CT molecular complexity index is 879. The SMILES string of the molecule is Nc1ccc(N=C2C=C(CO)C(=O)C(=Nc3ccc(N)cc3)C2)cc1. The molecule has 0 aromatic heterocycles. The topological polar surface area (TPSA) is 114 Å². The van der Waals surface area contributed by atoms with Gasteiger partial charge in [-0.15, -0.1) is 0 Å². The third kappa shape index (κ3) is 3.99. The predicted octanol–water partition coefficient (Wildman–Crippen LogP) is 2.59. The second kappa shape index (κ2) is 7.11. The summed E-state index contributed by atoms with van der Waals surface area (Å²) in [5, 5.41) is 9.47. The number of anilines is 2. The van der Waals surface area contributed by atoms with E-state index in [1.807, 2.05) is 0 Å². The van der Waals surface area contributed by atoms with Crippen LogP contribution >= 0.6 is 0 Å². The van der Waals surface area contributed by atoms with Crippen LogP contribution in [0.4, 0.5) is 22.7 Å². The van der Waals surface area contributed by atoms with Crippen molar-refractivity contribution in [2.45, 2.75) is 6.42 Å². The van der Waals surface area contributed by atoms with Crippen LogP contribution in [0.15, 0.2) is 70.2 Å². The molecule has 0 atom stereocenters. The standard InChI is InChI=1S/C19H18N4O2/c20-13-1-5-15(6-2-13)22-17-9-12(11-24)19(25)18(10-17)23-16-7-3-14(21)4-8-16/h1-9,24H,10-11,20-21H2. The van der Waals surface area contributed by atoms with Crippen molar-refractivity contribution in [3.8, 4) is 0 Å². The molecule has 0 saturated heterocycles. The molecule has 6 heteroatoms. The van der Waals surface area contributed by atoms with Gasteiger partial charge in [0.2, 0.25) is 5.78 Å². The number of aliphatic imine (C=N–C) groups is 2. The van der Waals surface area contributed by atoms with Crippen LogP contribution in [0.3, 0.4) is 0 Å². The van der Waals surface area contributed by atoms with Crippen LogP contribution in [0.5, 0.6) is 0 Å². The highest BCUT2D eigenvalue weighted by molar-refractivity contribution is 6.52. The summed E-state index contributed by atoms with van der Waals surface area (Å²) in [5.41, 5.74) is 15.2. The molecule has 0 spiro atoms. The van der Waals surface area contributed by atoms with Gasteiger partial charge in [-0.2, -0.15) is 0 Å². The van der Waals surface area contributed by atoms with Crippen LogP contribution in [0, 0.1) is 0 Å². The van der Waals surface area contributed by atoms with Crippen molar-refractivity contribution in [3.05, 3.63) is 60.2 Å². The summed E-state index contributed by atoms with van der Waals surface area (Å²) in [4.78, 5) is 21.3. The van der Waals surface area contributed by atoms with Crippen molar-refractivity contribution in [2.75, 3.05) is 18.1 Å². The van der Waals surface area contributed by atoms with Crippen LogP contribution < -0.4 is 11.5 Å². The van der Waals surface area contributed by atoms with E-state index < -0.39 is 0 Å². The number of aliphatic hydroxyl groups excluding tert-OH is 1. The van der Waals surface area contributed by atoms with Gasteiger partial charge in [-0.3, -0.25) is 9.79 Å². The van der Waals surface area contributed by atoms with Crippen molar-refractivity contribution in [1.29, 1.82) is 0 Å². The molecule has 0 bridgehead atoms. The largest absolute Gasteiger partial charge is 0.399 e. The Hall–Kier alpha value is -3.25. The van der Waals surface area contributed by atoms with Crippen molar-refractivity contribution in [1.82, 2.24) is 0 Å². The summed E-state index contributed by atoms with van der Waals surface area (Å²) >= 11 is 0. The maximum Gasteiger partial charge on any atom is 0.205 e. The molecular formula is C19H18N4O2. The Labute approximate surface area is 145 Å². The molecule has 25 heavy (non-hydrogen) atoms. The minimum atomic E-state index is -0.361. The van der Waals surface area contributed by atoms with Gasteiger partial charge in [0.05, 0.1) is 23.7 Å². The molecule has 0 aliphatic heterocycles. The van der Waals surface area contributed by atoms with Crippen LogP contribution in [-0.2, 0) is 4.79 Å². The zero-order valence-corrected chi connectivity index (χ0v) is 13.5. The lowest BCUT2D eigenvalue weighted by Gasteiger charge is -2.14. The summed E-state index contributed by atoms with van der Waals surface area (Å²) in [6.45, 7) is -0.361. The maximum absolute atomic E-state index is 12.4. The van der Waals surface area contributed by atoms with Crippen molar-refractivity contribution in [3.63, 3.8) is 0 Å². The monoisotopic (exact) mass is 334 g/mol. The van der Waals surface area contributed by atoms with E-state index in [1.54, 1.807) is 54.6 Å². The van der Waals surface area contributed by atoms with Crippen molar-refractivity contribution in [2.24, 2.45) is 9.98 Å². The highest BCUT2D eigenvalue weighted by atomic mass is 16.3. The van der Waals surface area contributed by atoms with Gasteiger partial charge in [0.25, 0.3) is 0 Å². The molecule has 5 N–H and O–H groups in total. The lowest BCUT2D eigenvalue weighted by molar-refractivity contribution is -0.110. The molecule has 0 saturated carbocycles. The fraction of sp³-hybridized carbons (Fsp3) is 0.105. The van der Waals surface area contributed by atoms with Gasteiger partial charge in [0.15, 0.2) is 0 Å². The summed E-state index contributed by atoms with van der Waals surface area (Å²) in [6.07, 6.45) is 1.90. The third-order valence-electron chi connectivity index (χ3n) is 3.74. The number of carbonyl (C=O) groups is 1. The van der Waals surface area contributed by atoms with Crippen LogP contribution in [0.2, 0.25) is 0 Å². The fourth-order valence-electron chi connectivity index (χ4n) is 2.45. The molecule has 2 aromatic rings. The van der Waals surface area contributed by atoms with Gasteiger partial charge in [0, 0.05) is 29.1 Å². The minimum absolute atomic E-state index is 0.268. The van der Waals surface area contributed by atoms with E-state index in [2.05, 4.69) is 9.98 Å². The molecule has 6 nitrogen and oxygen atoms in total. The first-order valence-electron chi connectivity index (χ1n) is 7.77. The second-order valence-electron chi connectivity index (χ2n) is 5.68. The molecule has 0 amide bonds. The minimum Gasteiger partial charge on any atom is -0.399 e. The van der Waals surface area contributed by atoms with Gasteiger partial charge in [-0.1, -0.05) is 0 Å². The number of carbonyl (C=O) groups excluding carboxylic acids is 1. The van der Waals surface area contributed by atoms with Crippen molar-refractivity contribution < 1.29 is 9.90 Å². The number of rotatable bonds is 3.